The number of aromatic hydroxyl groups is 1. The average molecular weight is 229 g/mol. The molecular weight excluding hydrogens is 218 g/mol. The predicted octanol–water partition coefficient (Wildman–Crippen LogP) is 1.11. The van der Waals surface area contributed by atoms with Crippen LogP contribution < -0.4 is 5.32 Å². The molecule has 0 atom stereocenters. The highest BCUT2D eigenvalue weighted by atomic mass is 16.3. The number of hydrogen-bond acceptors (Lipinski definition) is 4. The standard InChI is InChI=1S/C12H11N3O2/c16-11-3-1-9(2-4-11)5-15-12(17)10-6-13-8-14-7-10/h1-4,6-8,16H,5H2,(H,15,17). The van der Waals surface area contributed by atoms with Crippen molar-refractivity contribution in [2.45, 2.75) is 6.54 Å². The molecule has 0 aliphatic heterocycles. The van der Waals surface area contributed by atoms with Crippen LogP contribution in [0.3, 0.4) is 0 Å². The molecular formula is C12H11N3O2. The monoisotopic (exact) mass is 229 g/mol. The first-order valence-corrected chi connectivity index (χ1v) is 5.07. The summed E-state index contributed by atoms with van der Waals surface area (Å²) in [5.74, 6) is -0.0183. The lowest BCUT2D eigenvalue weighted by molar-refractivity contribution is 0.0950. The maximum absolute atomic E-state index is 11.6. The molecule has 0 fully saturated rings. The Balaban J connectivity index is 1.95. The fourth-order valence-corrected chi connectivity index (χ4v) is 1.31. The molecule has 5 heteroatoms. The van der Waals surface area contributed by atoms with E-state index in [1.165, 1.54) is 18.7 Å². The molecule has 0 saturated carbocycles. The van der Waals surface area contributed by atoms with Crippen LogP contribution in [0.15, 0.2) is 43.0 Å². The average Bonchev–Trinajstić information content (AvgIpc) is 2.39. The zero-order valence-electron chi connectivity index (χ0n) is 9.00. The van der Waals surface area contributed by atoms with Gasteiger partial charge in [0.15, 0.2) is 0 Å². The number of carbonyl (C=O) groups is 1. The Labute approximate surface area is 98.2 Å². The van der Waals surface area contributed by atoms with Gasteiger partial charge in [-0.2, -0.15) is 0 Å². The largest absolute Gasteiger partial charge is 0.508 e. The summed E-state index contributed by atoms with van der Waals surface area (Å²) < 4.78 is 0. The first-order chi connectivity index (χ1) is 8.25. The first kappa shape index (κ1) is 11.1. The molecule has 0 unspecified atom stereocenters. The number of benzene rings is 1. The van der Waals surface area contributed by atoms with E-state index in [2.05, 4.69) is 15.3 Å². The minimum Gasteiger partial charge on any atom is -0.508 e. The van der Waals surface area contributed by atoms with E-state index in [0.717, 1.165) is 5.56 Å². The van der Waals surface area contributed by atoms with Gasteiger partial charge in [-0.1, -0.05) is 12.1 Å². The van der Waals surface area contributed by atoms with Gasteiger partial charge in [-0.15, -0.1) is 0 Å². The summed E-state index contributed by atoms with van der Waals surface area (Å²) >= 11 is 0. The van der Waals surface area contributed by atoms with Crippen LogP contribution in [0.1, 0.15) is 15.9 Å². The minimum atomic E-state index is -0.223. The number of nitrogens with one attached hydrogen (secondary N) is 1. The number of phenols is 1. The maximum atomic E-state index is 11.6. The molecule has 0 spiro atoms. The number of rotatable bonds is 3. The van der Waals surface area contributed by atoms with E-state index in [0.29, 0.717) is 12.1 Å². The Hall–Kier alpha value is -2.43. The Morgan fingerprint density at radius 1 is 1.18 bits per heavy atom. The number of aromatic nitrogens is 2. The molecule has 86 valence electrons. The Morgan fingerprint density at radius 2 is 1.82 bits per heavy atom. The molecule has 2 N–H and O–H groups in total. The lowest BCUT2D eigenvalue weighted by Crippen LogP contribution is -2.22. The third-order valence-corrected chi connectivity index (χ3v) is 2.21. The van der Waals surface area contributed by atoms with Crippen molar-refractivity contribution in [3.8, 4) is 5.75 Å². The highest BCUT2D eigenvalue weighted by molar-refractivity contribution is 5.93. The van der Waals surface area contributed by atoms with Gasteiger partial charge in [0.05, 0.1) is 5.56 Å². The van der Waals surface area contributed by atoms with Gasteiger partial charge in [-0.3, -0.25) is 4.79 Å². The van der Waals surface area contributed by atoms with Crippen molar-refractivity contribution >= 4 is 5.91 Å². The van der Waals surface area contributed by atoms with Gasteiger partial charge in [-0.25, -0.2) is 9.97 Å². The zero-order valence-corrected chi connectivity index (χ0v) is 9.00. The van der Waals surface area contributed by atoms with E-state index in [9.17, 15) is 4.79 Å². The van der Waals surface area contributed by atoms with E-state index in [1.807, 2.05) is 0 Å². The summed E-state index contributed by atoms with van der Waals surface area (Å²) in [4.78, 5) is 19.2. The van der Waals surface area contributed by atoms with Crippen molar-refractivity contribution in [2.24, 2.45) is 0 Å². The van der Waals surface area contributed by atoms with E-state index >= 15 is 0 Å². The van der Waals surface area contributed by atoms with Gasteiger partial charge in [-0.05, 0) is 17.7 Å². The van der Waals surface area contributed by atoms with Crippen LogP contribution in [0.2, 0.25) is 0 Å². The molecule has 17 heavy (non-hydrogen) atoms. The second-order valence-corrected chi connectivity index (χ2v) is 3.48. The third-order valence-electron chi connectivity index (χ3n) is 2.21. The molecule has 0 bridgehead atoms. The minimum absolute atomic E-state index is 0.205. The Morgan fingerprint density at radius 3 is 2.47 bits per heavy atom. The van der Waals surface area contributed by atoms with Crippen LogP contribution in [-0.2, 0) is 6.54 Å². The van der Waals surface area contributed by atoms with Gasteiger partial charge >= 0.3 is 0 Å². The normalized spacial score (nSPS) is 9.88. The topological polar surface area (TPSA) is 75.1 Å². The van der Waals surface area contributed by atoms with Crippen LogP contribution in [0.4, 0.5) is 0 Å². The molecule has 1 amide bonds. The first-order valence-electron chi connectivity index (χ1n) is 5.07. The summed E-state index contributed by atoms with van der Waals surface area (Å²) in [5.41, 5.74) is 1.33. The van der Waals surface area contributed by atoms with Gasteiger partial charge in [0.2, 0.25) is 0 Å². The smallest absolute Gasteiger partial charge is 0.254 e. The third kappa shape index (κ3) is 3.01. The molecule has 0 radical (unpaired) electrons. The van der Waals surface area contributed by atoms with Crippen molar-refractivity contribution in [2.75, 3.05) is 0 Å². The van der Waals surface area contributed by atoms with E-state index in [1.54, 1.807) is 24.3 Å². The van der Waals surface area contributed by atoms with Gasteiger partial charge in [0.1, 0.15) is 12.1 Å². The second-order valence-electron chi connectivity index (χ2n) is 3.48. The van der Waals surface area contributed by atoms with Crippen LogP contribution in [0.25, 0.3) is 0 Å². The molecule has 0 saturated heterocycles. The second kappa shape index (κ2) is 5.07. The summed E-state index contributed by atoms with van der Waals surface area (Å²) in [6.07, 6.45) is 4.29. The molecule has 1 heterocycles. The summed E-state index contributed by atoms with van der Waals surface area (Å²) in [6.45, 7) is 0.397. The van der Waals surface area contributed by atoms with Gasteiger partial charge < -0.3 is 10.4 Å². The van der Waals surface area contributed by atoms with Crippen LogP contribution in [0, 0.1) is 0 Å². The summed E-state index contributed by atoms with van der Waals surface area (Å²) in [7, 11) is 0. The molecule has 2 rings (SSSR count). The summed E-state index contributed by atoms with van der Waals surface area (Å²) in [5, 5.41) is 11.8. The van der Waals surface area contributed by atoms with Crippen molar-refractivity contribution in [1.82, 2.24) is 15.3 Å². The molecule has 1 aromatic heterocycles. The van der Waals surface area contributed by atoms with Crippen LogP contribution >= 0.6 is 0 Å². The predicted molar refractivity (Wildman–Crippen MR) is 61.3 cm³/mol. The highest BCUT2D eigenvalue weighted by Crippen LogP contribution is 2.09. The van der Waals surface area contributed by atoms with Crippen molar-refractivity contribution in [3.63, 3.8) is 0 Å². The number of hydrogen-bond donors (Lipinski definition) is 2. The maximum Gasteiger partial charge on any atom is 0.254 e. The van der Waals surface area contributed by atoms with Gasteiger partial charge in [0, 0.05) is 18.9 Å². The molecule has 1 aromatic carbocycles. The van der Waals surface area contributed by atoms with Gasteiger partial charge in [0.25, 0.3) is 5.91 Å². The Bertz CT molecular complexity index is 497. The number of nitrogens with zero attached hydrogens (tertiary/aromatic N) is 2. The van der Waals surface area contributed by atoms with E-state index in [-0.39, 0.29) is 11.7 Å². The summed E-state index contributed by atoms with van der Waals surface area (Å²) in [6, 6.07) is 6.65. The fourth-order valence-electron chi connectivity index (χ4n) is 1.31. The van der Waals surface area contributed by atoms with Crippen molar-refractivity contribution in [3.05, 3.63) is 54.1 Å². The lowest BCUT2D eigenvalue weighted by Gasteiger charge is -2.04. The SMILES string of the molecule is O=C(NCc1ccc(O)cc1)c1cncnc1. The zero-order chi connectivity index (χ0) is 12.1. The Kier molecular flexibility index (Phi) is 3.30. The fraction of sp³-hybridized carbons (Fsp3) is 0.0833. The number of carbonyl (C=O) groups excluding carboxylic acids is 1. The van der Waals surface area contributed by atoms with Crippen molar-refractivity contribution < 1.29 is 9.90 Å². The molecule has 5 nitrogen and oxygen atoms in total. The number of amides is 1. The van der Waals surface area contributed by atoms with Crippen molar-refractivity contribution in [1.29, 1.82) is 0 Å². The highest BCUT2D eigenvalue weighted by Gasteiger charge is 2.04. The quantitative estimate of drug-likeness (QED) is 0.826. The number of phenolic OH excluding ortho intramolecular Hbond substituents is 1. The molecule has 0 aliphatic carbocycles. The molecule has 0 aliphatic rings. The lowest BCUT2D eigenvalue weighted by atomic mass is 10.2. The molecule has 2 aromatic rings. The van der Waals surface area contributed by atoms with E-state index < -0.39 is 0 Å². The van der Waals surface area contributed by atoms with Crippen LogP contribution in [-0.4, -0.2) is 21.0 Å². The van der Waals surface area contributed by atoms with E-state index in [4.69, 9.17) is 5.11 Å². The van der Waals surface area contributed by atoms with Crippen LogP contribution in [0.5, 0.6) is 5.75 Å².